The molecule has 4 heteroatoms. The van der Waals surface area contributed by atoms with Gasteiger partial charge >= 0.3 is 0 Å². The molecule has 0 atom stereocenters. The highest BCUT2D eigenvalue weighted by molar-refractivity contribution is 6.08. The highest BCUT2D eigenvalue weighted by Gasteiger charge is 2.08. The molecule has 0 saturated carbocycles. The Bertz CT molecular complexity index is 1030. The van der Waals surface area contributed by atoms with E-state index in [1.807, 2.05) is 42.6 Å². The number of hydrogen-bond acceptors (Lipinski definition) is 3. The van der Waals surface area contributed by atoms with Crippen molar-refractivity contribution in [1.29, 1.82) is 0 Å². The number of nitrogens with zero attached hydrogens (tertiary/aromatic N) is 2. The van der Waals surface area contributed by atoms with E-state index in [1.54, 1.807) is 0 Å². The summed E-state index contributed by atoms with van der Waals surface area (Å²) >= 11 is 0. The molecule has 0 bridgehead atoms. The van der Waals surface area contributed by atoms with Gasteiger partial charge in [0.2, 0.25) is 0 Å². The van der Waals surface area contributed by atoms with Gasteiger partial charge in [-0.3, -0.25) is 4.98 Å². The number of pyridine rings is 2. The van der Waals surface area contributed by atoms with Crippen LogP contribution in [0.1, 0.15) is 11.1 Å². The second-order valence-electron chi connectivity index (χ2n) is 5.88. The predicted octanol–water partition coefficient (Wildman–Crippen LogP) is 4.29. The molecule has 118 valence electrons. The summed E-state index contributed by atoms with van der Waals surface area (Å²) in [5, 5.41) is 2.08. The van der Waals surface area contributed by atoms with Crippen molar-refractivity contribution in [1.82, 2.24) is 9.97 Å². The summed E-state index contributed by atoms with van der Waals surface area (Å²) in [6.07, 6.45) is 3.52. The van der Waals surface area contributed by atoms with E-state index in [-0.39, 0.29) is 5.82 Å². The molecule has 0 aliphatic heterocycles. The van der Waals surface area contributed by atoms with Gasteiger partial charge < -0.3 is 5.73 Å². The predicted molar refractivity (Wildman–Crippen MR) is 95.3 cm³/mol. The average molecular weight is 317 g/mol. The first-order chi connectivity index (χ1) is 11.7. The number of aryl methyl sites for hydroxylation is 2. The Morgan fingerprint density at radius 3 is 2.46 bits per heavy atom. The van der Waals surface area contributed by atoms with Crippen LogP contribution in [0.25, 0.3) is 21.8 Å². The molecule has 0 saturated heterocycles. The number of para-hydroxylation sites is 1. The first-order valence-electron chi connectivity index (χ1n) is 7.88. The molecule has 2 aromatic carbocycles. The number of nitrogen functional groups attached to an aromatic ring is 1. The number of aromatic nitrogens is 2. The van der Waals surface area contributed by atoms with Crippen molar-refractivity contribution in [3.05, 3.63) is 77.7 Å². The van der Waals surface area contributed by atoms with Crippen molar-refractivity contribution in [2.24, 2.45) is 0 Å². The fraction of sp³-hybridized carbons (Fsp3) is 0.100. The fourth-order valence-electron chi connectivity index (χ4n) is 2.98. The molecule has 24 heavy (non-hydrogen) atoms. The molecule has 2 N–H and O–H groups in total. The van der Waals surface area contributed by atoms with Gasteiger partial charge in [-0.05, 0) is 48.2 Å². The van der Waals surface area contributed by atoms with Gasteiger partial charge in [0.25, 0.3) is 0 Å². The minimum atomic E-state index is -0.208. The number of benzene rings is 2. The minimum absolute atomic E-state index is 0.208. The molecular formula is C20H16FN3. The molecule has 2 aromatic heterocycles. The van der Waals surface area contributed by atoms with Gasteiger partial charge in [0.1, 0.15) is 11.3 Å². The summed E-state index contributed by atoms with van der Waals surface area (Å²) in [7, 11) is 0. The van der Waals surface area contributed by atoms with E-state index in [2.05, 4.69) is 16.0 Å². The quantitative estimate of drug-likeness (QED) is 0.573. The van der Waals surface area contributed by atoms with Crippen LogP contribution >= 0.6 is 0 Å². The Labute approximate surface area is 139 Å². The molecule has 3 nitrogen and oxygen atoms in total. The molecule has 4 rings (SSSR count). The summed E-state index contributed by atoms with van der Waals surface area (Å²) in [6.45, 7) is 0. The lowest BCUT2D eigenvalue weighted by Gasteiger charge is -2.08. The summed E-state index contributed by atoms with van der Waals surface area (Å²) < 4.78 is 13.0. The second kappa shape index (κ2) is 5.89. The molecule has 0 unspecified atom stereocenters. The third kappa shape index (κ3) is 2.67. The van der Waals surface area contributed by atoms with Crippen LogP contribution in [0.3, 0.4) is 0 Å². The Hall–Kier alpha value is -3.01. The lowest BCUT2D eigenvalue weighted by Crippen LogP contribution is -1.98. The first kappa shape index (κ1) is 14.6. The highest BCUT2D eigenvalue weighted by Crippen LogP contribution is 2.27. The topological polar surface area (TPSA) is 51.8 Å². The van der Waals surface area contributed by atoms with E-state index in [9.17, 15) is 4.39 Å². The number of halogens is 1. The Balaban J connectivity index is 1.72. The smallest absolute Gasteiger partial charge is 0.150 e. The zero-order chi connectivity index (χ0) is 16.5. The fourth-order valence-corrected chi connectivity index (χ4v) is 2.98. The number of fused-ring (bicyclic) bond motifs is 3. The lowest BCUT2D eigenvalue weighted by atomic mass is 10.0. The Kier molecular flexibility index (Phi) is 3.58. The molecule has 0 spiro atoms. The Morgan fingerprint density at radius 1 is 0.875 bits per heavy atom. The van der Waals surface area contributed by atoms with Crippen LogP contribution < -0.4 is 5.73 Å². The van der Waals surface area contributed by atoms with Crippen LogP contribution in [0, 0.1) is 5.82 Å². The second-order valence-corrected chi connectivity index (χ2v) is 5.88. The summed E-state index contributed by atoms with van der Waals surface area (Å²) in [5.74, 6) is 0.245. The third-order valence-corrected chi connectivity index (χ3v) is 4.24. The number of anilines is 1. The molecule has 0 amide bonds. The maximum Gasteiger partial charge on any atom is 0.150 e. The van der Waals surface area contributed by atoms with Gasteiger partial charge in [-0.15, -0.1) is 0 Å². The normalized spacial score (nSPS) is 11.2. The van der Waals surface area contributed by atoms with Gasteiger partial charge in [-0.2, -0.15) is 0 Å². The van der Waals surface area contributed by atoms with Crippen molar-refractivity contribution < 1.29 is 4.39 Å². The van der Waals surface area contributed by atoms with E-state index in [0.29, 0.717) is 5.82 Å². The maximum absolute atomic E-state index is 13.0. The maximum atomic E-state index is 13.0. The van der Waals surface area contributed by atoms with Crippen LogP contribution in [0.5, 0.6) is 0 Å². The summed E-state index contributed by atoms with van der Waals surface area (Å²) in [5.41, 5.74) is 9.89. The van der Waals surface area contributed by atoms with Crippen LogP contribution in [-0.4, -0.2) is 9.97 Å². The average Bonchev–Trinajstić information content (AvgIpc) is 2.61. The van der Waals surface area contributed by atoms with Gasteiger partial charge in [-0.25, -0.2) is 9.37 Å². The van der Waals surface area contributed by atoms with Crippen molar-refractivity contribution >= 4 is 27.6 Å². The standard InChI is InChI=1S/C20H16FN3/c21-15-9-7-13(8-10-15)5-6-14-11-17-16-3-1-2-4-18(16)24-20(22)19(17)23-12-14/h1-4,7-12H,5-6H2,(H2,22,24). The molecule has 0 aliphatic rings. The monoisotopic (exact) mass is 317 g/mol. The highest BCUT2D eigenvalue weighted by atomic mass is 19.1. The van der Waals surface area contributed by atoms with E-state index < -0.39 is 0 Å². The van der Waals surface area contributed by atoms with E-state index >= 15 is 0 Å². The minimum Gasteiger partial charge on any atom is -0.382 e. The van der Waals surface area contributed by atoms with Gasteiger partial charge in [0.05, 0.1) is 5.52 Å². The van der Waals surface area contributed by atoms with Crippen LogP contribution in [0.15, 0.2) is 60.8 Å². The zero-order valence-corrected chi connectivity index (χ0v) is 13.0. The van der Waals surface area contributed by atoms with E-state index in [0.717, 1.165) is 45.8 Å². The number of hydrogen-bond donors (Lipinski definition) is 1. The first-order valence-corrected chi connectivity index (χ1v) is 7.88. The van der Waals surface area contributed by atoms with Crippen molar-refractivity contribution in [2.75, 3.05) is 5.73 Å². The van der Waals surface area contributed by atoms with Gasteiger partial charge in [0, 0.05) is 17.0 Å². The van der Waals surface area contributed by atoms with Crippen molar-refractivity contribution in [3.63, 3.8) is 0 Å². The van der Waals surface area contributed by atoms with Crippen molar-refractivity contribution in [3.8, 4) is 0 Å². The number of nitrogens with two attached hydrogens (primary N) is 1. The molecule has 4 aromatic rings. The van der Waals surface area contributed by atoms with E-state index in [4.69, 9.17) is 5.73 Å². The molecule has 0 fully saturated rings. The largest absolute Gasteiger partial charge is 0.382 e. The summed E-state index contributed by atoms with van der Waals surface area (Å²) in [4.78, 5) is 8.92. The van der Waals surface area contributed by atoms with Crippen LogP contribution in [0.4, 0.5) is 10.2 Å². The summed E-state index contributed by atoms with van der Waals surface area (Å²) in [6, 6.07) is 16.7. The third-order valence-electron chi connectivity index (χ3n) is 4.24. The molecule has 0 radical (unpaired) electrons. The Morgan fingerprint density at radius 2 is 1.62 bits per heavy atom. The van der Waals surface area contributed by atoms with Crippen LogP contribution in [-0.2, 0) is 12.8 Å². The number of rotatable bonds is 3. The SMILES string of the molecule is Nc1nc2ccccc2c2cc(CCc3ccc(F)cc3)cnc12. The van der Waals surface area contributed by atoms with Crippen LogP contribution in [0.2, 0.25) is 0 Å². The lowest BCUT2D eigenvalue weighted by molar-refractivity contribution is 0.627. The van der Waals surface area contributed by atoms with E-state index in [1.165, 1.54) is 12.1 Å². The molecule has 0 aliphatic carbocycles. The van der Waals surface area contributed by atoms with Crippen molar-refractivity contribution in [2.45, 2.75) is 12.8 Å². The van der Waals surface area contributed by atoms with Gasteiger partial charge in [0.15, 0.2) is 5.82 Å². The molecule has 2 heterocycles. The van der Waals surface area contributed by atoms with Gasteiger partial charge in [-0.1, -0.05) is 30.3 Å². The zero-order valence-electron chi connectivity index (χ0n) is 13.0. The molecular weight excluding hydrogens is 301 g/mol.